The third-order valence-electron chi connectivity index (χ3n) is 4.00. The van der Waals surface area contributed by atoms with Crippen molar-refractivity contribution in [3.05, 3.63) is 23.8 Å². The van der Waals surface area contributed by atoms with E-state index < -0.39 is 6.10 Å². The van der Waals surface area contributed by atoms with Crippen LogP contribution >= 0.6 is 0 Å². The van der Waals surface area contributed by atoms with E-state index in [0.29, 0.717) is 0 Å². The second-order valence-electron chi connectivity index (χ2n) is 5.70. The summed E-state index contributed by atoms with van der Waals surface area (Å²) in [6.45, 7) is 6.01. The molecule has 0 aromatic rings. The molecule has 1 N–H and O–H groups in total. The van der Waals surface area contributed by atoms with Gasteiger partial charge in [0.1, 0.15) is 6.10 Å². The van der Waals surface area contributed by atoms with E-state index in [4.69, 9.17) is 0 Å². The normalized spacial score (nSPS) is 16.5. The second-order valence-corrected chi connectivity index (χ2v) is 5.70. The Morgan fingerprint density at radius 2 is 2.05 bits per heavy atom. The average molecular weight is 274 g/mol. The minimum absolute atomic E-state index is 0.527. The molecule has 20 heavy (non-hydrogen) atoms. The highest BCUT2D eigenvalue weighted by Crippen LogP contribution is 2.30. The third kappa shape index (κ3) is 6.44. The van der Waals surface area contributed by atoms with Crippen molar-refractivity contribution in [3.63, 3.8) is 0 Å². The first-order chi connectivity index (χ1) is 9.79. The summed E-state index contributed by atoms with van der Waals surface area (Å²) in [7, 11) is 0. The topological polar surface area (TPSA) is 20.2 Å². The number of aliphatic hydroxyl groups is 1. The van der Waals surface area contributed by atoms with Crippen LogP contribution in [0.1, 0.15) is 77.6 Å². The van der Waals surface area contributed by atoms with E-state index in [0.717, 1.165) is 38.5 Å². The lowest BCUT2D eigenvalue weighted by Gasteiger charge is -2.21. The molecule has 0 aliphatic heterocycles. The standard InChI is InChI=1S/C19H30O/c1-3-5-7-8-9-10-16-19(20)18-15-12-11-14-17(18)13-6-4-2/h4,19-20H,2-3,5-9,11-15H2,1H3. The monoisotopic (exact) mass is 274 g/mol. The van der Waals surface area contributed by atoms with Crippen molar-refractivity contribution in [2.45, 2.75) is 83.7 Å². The maximum absolute atomic E-state index is 10.3. The van der Waals surface area contributed by atoms with Gasteiger partial charge in [0.2, 0.25) is 0 Å². The first-order valence-electron chi connectivity index (χ1n) is 8.27. The Morgan fingerprint density at radius 3 is 2.80 bits per heavy atom. The van der Waals surface area contributed by atoms with Crippen molar-refractivity contribution in [3.8, 4) is 11.8 Å². The molecule has 1 aliphatic carbocycles. The molecule has 1 aliphatic rings. The smallest absolute Gasteiger partial charge is 0.136 e. The maximum atomic E-state index is 10.3. The van der Waals surface area contributed by atoms with Crippen LogP contribution in [0, 0.1) is 11.8 Å². The van der Waals surface area contributed by atoms with E-state index in [1.807, 2.05) is 6.08 Å². The minimum Gasteiger partial charge on any atom is -0.376 e. The summed E-state index contributed by atoms with van der Waals surface area (Å²) in [6, 6.07) is 0. The van der Waals surface area contributed by atoms with Crippen LogP contribution in [-0.2, 0) is 0 Å². The zero-order valence-electron chi connectivity index (χ0n) is 13.1. The number of allylic oxidation sites excluding steroid dienone is 2. The molecular weight excluding hydrogens is 244 g/mol. The number of hydrogen-bond donors (Lipinski definition) is 1. The predicted octanol–water partition coefficient (Wildman–Crippen LogP) is 5.16. The lowest BCUT2D eigenvalue weighted by Crippen LogP contribution is -2.13. The molecule has 0 bridgehead atoms. The van der Waals surface area contributed by atoms with Crippen LogP contribution in [0.15, 0.2) is 23.8 Å². The van der Waals surface area contributed by atoms with Crippen LogP contribution in [0.25, 0.3) is 0 Å². The summed E-state index contributed by atoms with van der Waals surface area (Å²) in [5.41, 5.74) is 2.64. The van der Waals surface area contributed by atoms with Crippen molar-refractivity contribution in [2.24, 2.45) is 0 Å². The maximum Gasteiger partial charge on any atom is 0.136 e. The van der Waals surface area contributed by atoms with Gasteiger partial charge in [-0.1, -0.05) is 43.8 Å². The molecule has 1 unspecified atom stereocenters. The van der Waals surface area contributed by atoms with Gasteiger partial charge in [-0.25, -0.2) is 0 Å². The number of rotatable bonds is 8. The number of unbranched alkanes of at least 4 members (excludes halogenated alkanes) is 4. The van der Waals surface area contributed by atoms with Gasteiger partial charge in [-0.3, -0.25) is 0 Å². The average Bonchev–Trinajstić information content (AvgIpc) is 2.48. The Balaban J connectivity index is 2.49. The van der Waals surface area contributed by atoms with Crippen molar-refractivity contribution in [1.82, 2.24) is 0 Å². The summed E-state index contributed by atoms with van der Waals surface area (Å²) < 4.78 is 0. The fourth-order valence-corrected chi connectivity index (χ4v) is 2.78. The van der Waals surface area contributed by atoms with Crippen LogP contribution in [0.3, 0.4) is 0 Å². The Hall–Kier alpha value is -1.00. The van der Waals surface area contributed by atoms with E-state index in [9.17, 15) is 5.11 Å². The molecule has 1 nitrogen and oxygen atoms in total. The fraction of sp³-hybridized carbons (Fsp3) is 0.684. The third-order valence-corrected chi connectivity index (χ3v) is 4.00. The molecule has 0 radical (unpaired) electrons. The fourth-order valence-electron chi connectivity index (χ4n) is 2.78. The van der Waals surface area contributed by atoms with Crippen LogP contribution in [0.5, 0.6) is 0 Å². The summed E-state index contributed by atoms with van der Waals surface area (Å²) in [5, 5.41) is 10.3. The highest BCUT2D eigenvalue weighted by atomic mass is 16.3. The van der Waals surface area contributed by atoms with Gasteiger partial charge in [-0.15, -0.1) is 12.5 Å². The van der Waals surface area contributed by atoms with Crippen LogP contribution in [-0.4, -0.2) is 11.2 Å². The number of aliphatic hydroxyl groups excluding tert-OH is 1. The first kappa shape index (κ1) is 17.1. The zero-order chi connectivity index (χ0) is 14.6. The van der Waals surface area contributed by atoms with Crippen molar-refractivity contribution in [2.75, 3.05) is 0 Å². The summed E-state index contributed by atoms with van der Waals surface area (Å²) >= 11 is 0. The van der Waals surface area contributed by atoms with Gasteiger partial charge < -0.3 is 5.11 Å². The summed E-state index contributed by atoms with van der Waals surface area (Å²) in [5.74, 6) is 6.22. The number of hydrogen-bond acceptors (Lipinski definition) is 1. The molecule has 0 spiro atoms. The molecule has 1 atom stereocenters. The van der Waals surface area contributed by atoms with Crippen LogP contribution < -0.4 is 0 Å². The molecule has 0 aromatic heterocycles. The lowest BCUT2D eigenvalue weighted by molar-refractivity contribution is 0.257. The first-order valence-corrected chi connectivity index (χ1v) is 8.27. The molecule has 0 amide bonds. The summed E-state index contributed by atoms with van der Waals surface area (Å²) in [4.78, 5) is 0. The van der Waals surface area contributed by atoms with E-state index in [2.05, 4.69) is 25.3 Å². The molecule has 0 fully saturated rings. The van der Waals surface area contributed by atoms with E-state index in [-0.39, 0.29) is 0 Å². The molecule has 0 saturated carbocycles. The van der Waals surface area contributed by atoms with Crippen molar-refractivity contribution >= 4 is 0 Å². The highest BCUT2D eigenvalue weighted by molar-refractivity contribution is 5.28. The van der Waals surface area contributed by atoms with Gasteiger partial charge in [-0.2, -0.15) is 0 Å². The zero-order valence-corrected chi connectivity index (χ0v) is 13.1. The molecule has 1 rings (SSSR count). The van der Waals surface area contributed by atoms with Gasteiger partial charge in [0, 0.05) is 6.42 Å². The quantitative estimate of drug-likeness (QED) is 0.368. The minimum atomic E-state index is -0.527. The molecule has 0 heterocycles. The predicted molar refractivity (Wildman–Crippen MR) is 87.5 cm³/mol. The van der Waals surface area contributed by atoms with E-state index >= 15 is 0 Å². The van der Waals surface area contributed by atoms with Gasteiger partial charge in [-0.05, 0) is 50.5 Å². The molecule has 112 valence electrons. The largest absolute Gasteiger partial charge is 0.376 e. The van der Waals surface area contributed by atoms with Crippen molar-refractivity contribution < 1.29 is 5.11 Å². The van der Waals surface area contributed by atoms with Gasteiger partial charge in [0.05, 0.1) is 0 Å². The Kier molecular flexibility index (Phi) is 9.16. The van der Waals surface area contributed by atoms with Crippen LogP contribution in [0.4, 0.5) is 0 Å². The van der Waals surface area contributed by atoms with Gasteiger partial charge in [0.25, 0.3) is 0 Å². The lowest BCUT2D eigenvalue weighted by atomic mass is 9.86. The van der Waals surface area contributed by atoms with E-state index in [1.165, 1.54) is 43.3 Å². The van der Waals surface area contributed by atoms with Gasteiger partial charge in [0.15, 0.2) is 0 Å². The molecule has 0 saturated heterocycles. The Labute approximate surface area is 125 Å². The highest BCUT2D eigenvalue weighted by Gasteiger charge is 2.17. The summed E-state index contributed by atoms with van der Waals surface area (Å²) in [6.07, 6.45) is 14.0. The second kappa shape index (κ2) is 10.7. The van der Waals surface area contributed by atoms with Gasteiger partial charge >= 0.3 is 0 Å². The SMILES string of the molecule is C=CCCC1=C(C(O)C#CCCCCCC)CCCC1. The Morgan fingerprint density at radius 1 is 1.25 bits per heavy atom. The molecule has 1 heteroatoms. The van der Waals surface area contributed by atoms with Crippen molar-refractivity contribution in [1.29, 1.82) is 0 Å². The van der Waals surface area contributed by atoms with Crippen LogP contribution in [0.2, 0.25) is 0 Å². The molecule has 0 aromatic carbocycles. The Bertz CT molecular complexity index is 367. The van der Waals surface area contributed by atoms with E-state index in [1.54, 1.807) is 0 Å². The molecular formula is C19H30O.